The number of nitrogens with two attached hydrogens (primary N) is 7. The lowest BCUT2D eigenvalue weighted by Crippen LogP contribution is -2.74. The molecule has 7 amide bonds. The molecule has 1 aliphatic heterocycles. The SMILES string of the molecule is Cl.NCCCCCCN(CC(N)=O)C(=O)CN(CCCCCCN)C(=O)CN(CCCCCCN)C(=O)CN(CCCCCCN)C(=O)CN(CCCCCCN)C(=O)CN(CCCCCCN)C(=O)c1ccccc1-c1c2ccc(=NCCCC(F)(F)C(F)(F)C(F)(F)C(F)(F)C(F)(F)C(F)(F)C(F)(F)C(F)(F)F)cc-2oc2cc(NCCCC(F)(F)C(F)(F)C(F)(F)C(F)(F)C(F)(F)C(F)(F)C(F)(F)C(F)(F)F)ccc12. The van der Waals surface area contributed by atoms with Crippen LogP contribution < -0.4 is 50.8 Å². The number of nitrogens with one attached hydrogen (secondary N) is 1. The number of carbonyl (C=O) groups excluding carboxylic acids is 7. The first-order valence-electron chi connectivity index (χ1n) is 46.9. The molecule has 15 N–H and O–H groups in total. The lowest BCUT2D eigenvalue weighted by atomic mass is 9.88. The van der Waals surface area contributed by atoms with Gasteiger partial charge in [-0.15, -0.1) is 12.4 Å². The molecule has 850 valence electrons. The van der Waals surface area contributed by atoms with Crippen LogP contribution in [0.5, 0.6) is 0 Å². The van der Waals surface area contributed by atoms with E-state index in [0.717, 1.165) is 52.6 Å². The molecule has 0 atom stereocenters. The number of hydrogen-bond donors (Lipinski definition) is 8. The summed E-state index contributed by atoms with van der Waals surface area (Å²) in [5.74, 6) is -124. The third-order valence-corrected chi connectivity index (χ3v) is 24.0. The molecular weight excluding hydrogens is 2100 g/mol. The minimum atomic E-state index is -8.94. The summed E-state index contributed by atoms with van der Waals surface area (Å²) in [7, 11) is 0. The van der Waals surface area contributed by atoms with Gasteiger partial charge in [-0.05, 0) is 165 Å². The topological polar surface area (TPSA) is 359 Å². The van der Waals surface area contributed by atoms with Crippen LogP contribution >= 0.6 is 12.4 Å². The molecule has 58 heteroatoms. The van der Waals surface area contributed by atoms with Crippen molar-refractivity contribution in [2.45, 2.75) is 275 Å². The maximum atomic E-state index is 15.9. The van der Waals surface area contributed by atoms with Crippen molar-refractivity contribution < 1.29 is 187 Å². The quantitative estimate of drug-likeness (QED) is 0.0116. The highest BCUT2D eigenvalue weighted by Crippen LogP contribution is 2.67. The molecule has 0 bridgehead atoms. The highest BCUT2D eigenvalue weighted by molar-refractivity contribution is 6.10. The zero-order valence-electron chi connectivity index (χ0n) is 79.9. The van der Waals surface area contributed by atoms with Crippen molar-refractivity contribution >= 4 is 70.4 Å². The Morgan fingerprint density at radius 1 is 0.304 bits per heavy atom. The van der Waals surface area contributed by atoms with Crippen LogP contribution in [0.1, 0.15) is 190 Å². The molecule has 4 rings (SSSR count). The van der Waals surface area contributed by atoms with E-state index in [1.807, 2.05) is 0 Å². The molecule has 0 unspecified atom stereocenters. The molecule has 23 nitrogen and oxygen atoms in total. The summed E-state index contributed by atoms with van der Waals surface area (Å²) in [4.78, 5) is 114. The number of carbonyl (C=O) groups is 7. The third kappa shape index (κ3) is 32.3. The van der Waals surface area contributed by atoms with E-state index in [2.05, 4.69) is 10.3 Å². The Labute approximate surface area is 834 Å². The summed E-state index contributed by atoms with van der Waals surface area (Å²) in [5.41, 5.74) is 38.0. The summed E-state index contributed by atoms with van der Waals surface area (Å²) in [6.07, 6.45) is -14.2. The van der Waals surface area contributed by atoms with Crippen molar-refractivity contribution in [3.8, 4) is 22.5 Å². The van der Waals surface area contributed by atoms with Gasteiger partial charge in [-0.25, -0.2) is 0 Å². The minimum Gasteiger partial charge on any atom is -0.456 e. The fourth-order valence-corrected chi connectivity index (χ4v) is 15.2. The molecule has 2 aromatic carbocycles. The van der Waals surface area contributed by atoms with Crippen molar-refractivity contribution in [1.29, 1.82) is 0 Å². The van der Waals surface area contributed by atoms with E-state index in [1.165, 1.54) is 43.9 Å². The van der Waals surface area contributed by atoms with Crippen LogP contribution in [0.4, 0.5) is 155 Å². The fourth-order valence-electron chi connectivity index (χ4n) is 15.2. The van der Waals surface area contributed by atoms with Gasteiger partial charge in [0.15, 0.2) is 0 Å². The fraction of sp³-hybridized carbons (Fsp3) is 0.711. The van der Waals surface area contributed by atoms with E-state index in [1.54, 1.807) is 0 Å². The number of rotatable bonds is 71. The second kappa shape index (κ2) is 56.5. The number of benzene rings is 3. The highest BCUT2D eigenvalue weighted by Gasteiger charge is 2.97. The average Bonchev–Trinajstić information content (AvgIpc) is 0.696. The van der Waals surface area contributed by atoms with Crippen molar-refractivity contribution in [3.05, 3.63) is 71.6 Å². The first kappa shape index (κ1) is 133. The summed E-state index contributed by atoms with van der Waals surface area (Å²) >= 11 is 0. The van der Waals surface area contributed by atoms with E-state index in [0.29, 0.717) is 148 Å². The molecule has 1 aliphatic carbocycles. The highest BCUT2D eigenvalue weighted by atomic mass is 35.5. The molecular formula is C90H122ClF34N15O8. The molecule has 0 spiro atoms. The van der Waals surface area contributed by atoms with E-state index in [-0.39, 0.29) is 118 Å². The Bertz CT molecular complexity index is 4870. The van der Waals surface area contributed by atoms with Crippen molar-refractivity contribution in [3.63, 3.8) is 0 Å². The molecule has 0 saturated heterocycles. The van der Waals surface area contributed by atoms with Gasteiger partial charge in [0.05, 0.1) is 38.1 Å². The molecule has 0 saturated carbocycles. The van der Waals surface area contributed by atoms with Crippen LogP contribution in [0.15, 0.2) is 70.1 Å². The van der Waals surface area contributed by atoms with Gasteiger partial charge in [0.25, 0.3) is 5.91 Å². The van der Waals surface area contributed by atoms with Gasteiger partial charge in [0.2, 0.25) is 35.4 Å². The minimum absolute atomic E-state index is 0. The number of primary amides is 1. The van der Waals surface area contributed by atoms with Crippen molar-refractivity contribution in [2.24, 2.45) is 45.1 Å². The standard InChI is InChI=1S/C90H121F34N15O8.ClH/c91-75(92,77(95,96)79(99,100)81(103,104)83(107,108)85(111,112)87(115,116)89(119,120)121)35-27-43-132-59-31-33-63-65(51-59)147-66-52-60(133-44-28-36-76(93,94)78(97,98)80(101,102)82(105,106)84(109,110)86(113,114)88(117,118)90(122,123)124)32-34-64(66)73(63)61-29-13-14-30-62(61)74(146)139(50-26-12-6-20-42-130)58-72(145)138(49-25-11-5-19-41-129)57-71(144)137(48-24-10-4-18-40-128)56-70(143)136(47-23-9-3-17-39-127)55-69(142)135(46-22-8-2-16-38-126)54-68(141)134(53-67(131)140)45-21-7-1-15-37-125;/h13-14,29-34,51-52,132H,1-12,15-28,35-50,53-58,125-130H2,(H2,131,140);1H. The molecule has 2 aromatic rings. The number of anilines is 1. The van der Waals surface area contributed by atoms with Gasteiger partial charge in [-0.3, -0.25) is 38.6 Å². The number of hydrogen-bond acceptors (Lipinski definition) is 16. The number of amides is 7. The molecule has 0 aromatic heterocycles. The number of unbranched alkanes of at least 4 members (excludes halogenated alkanes) is 18. The van der Waals surface area contributed by atoms with Crippen LogP contribution in [0.25, 0.3) is 33.4 Å². The number of halogens is 35. The van der Waals surface area contributed by atoms with Crippen LogP contribution in [-0.2, 0) is 28.8 Å². The van der Waals surface area contributed by atoms with Crippen LogP contribution in [0.3, 0.4) is 0 Å². The molecule has 1 heterocycles. The van der Waals surface area contributed by atoms with Crippen molar-refractivity contribution in [1.82, 2.24) is 29.4 Å². The first-order valence-corrected chi connectivity index (χ1v) is 46.9. The number of fused-ring (bicyclic) bond motifs is 2. The van der Waals surface area contributed by atoms with Gasteiger partial charge in [0.1, 0.15) is 17.9 Å². The van der Waals surface area contributed by atoms with Crippen LogP contribution in [0.2, 0.25) is 0 Å². The Morgan fingerprint density at radius 3 is 0.919 bits per heavy atom. The van der Waals surface area contributed by atoms with Gasteiger partial charge in [0, 0.05) is 105 Å². The molecule has 0 radical (unpaired) electrons. The largest absolute Gasteiger partial charge is 0.460 e. The van der Waals surface area contributed by atoms with Gasteiger partial charge >= 0.3 is 95.3 Å². The zero-order valence-corrected chi connectivity index (χ0v) is 80.7. The zero-order chi connectivity index (χ0) is 112. The van der Waals surface area contributed by atoms with Gasteiger partial charge < -0.3 is 79.3 Å². The predicted molar refractivity (Wildman–Crippen MR) is 477 cm³/mol. The van der Waals surface area contributed by atoms with E-state index >= 15 is 54.3 Å². The molecule has 2 aliphatic rings. The van der Waals surface area contributed by atoms with Crippen molar-refractivity contribution in [2.75, 3.05) is 136 Å². The van der Waals surface area contributed by atoms with E-state index < -0.39 is 237 Å². The van der Waals surface area contributed by atoms with Gasteiger partial charge in [-0.2, -0.15) is 149 Å². The Balaban J connectivity index is 0.0000562. The molecule has 0 fully saturated rings. The normalized spacial score (nSPS) is 13.6. The lowest BCUT2D eigenvalue weighted by molar-refractivity contribution is -0.461. The van der Waals surface area contributed by atoms with Crippen LogP contribution in [-0.4, -0.2) is 297 Å². The second-order valence-electron chi connectivity index (χ2n) is 35.2. The maximum absolute atomic E-state index is 15.9. The number of alkyl halides is 34. The predicted octanol–water partition coefficient (Wildman–Crippen LogP) is 18.7. The summed E-state index contributed by atoms with van der Waals surface area (Å²) < 4.78 is 488. The lowest BCUT2D eigenvalue weighted by Gasteiger charge is -2.42. The summed E-state index contributed by atoms with van der Waals surface area (Å²) in [6.45, 7) is -5.63. The Hall–Kier alpha value is -9.11. The number of nitrogens with zero attached hydrogens (tertiary/aromatic N) is 7. The Kier molecular flexibility index (Phi) is 50.8. The summed E-state index contributed by atoms with van der Waals surface area (Å²) in [5, 5.41) is 1.32. The van der Waals surface area contributed by atoms with E-state index in [9.17, 15) is 129 Å². The molecule has 148 heavy (non-hydrogen) atoms. The Morgan fingerprint density at radius 2 is 0.595 bits per heavy atom. The van der Waals surface area contributed by atoms with E-state index in [4.69, 9.17) is 44.6 Å². The monoisotopic (exact) mass is 2220 g/mol. The first-order chi connectivity index (χ1) is 68.0. The smallest absolute Gasteiger partial charge is 0.456 e. The third-order valence-electron chi connectivity index (χ3n) is 24.0. The maximum Gasteiger partial charge on any atom is 0.460 e. The van der Waals surface area contributed by atoms with Gasteiger partial charge in [-0.1, -0.05) is 95.2 Å². The second-order valence-corrected chi connectivity index (χ2v) is 35.2. The summed E-state index contributed by atoms with van der Waals surface area (Å²) in [6, 6.07) is 10.3. The van der Waals surface area contributed by atoms with Crippen LogP contribution in [0, 0.1) is 0 Å². The average molecular weight is 2220 g/mol.